The minimum absolute atomic E-state index is 0.00614. The Balaban J connectivity index is 0.00000110. The lowest BCUT2D eigenvalue weighted by atomic mass is 9.89. The molecule has 1 aliphatic rings. The smallest absolute Gasteiger partial charge is 0.228 e. The number of aliphatic hydroxyl groups excluding tert-OH is 1. The van der Waals surface area contributed by atoms with Crippen molar-refractivity contribution in [3.05, 3.63) is 22.7 Å². The standard InChI is InChI=1S/C19H30O5.C6H15N/c1-14-15(12-10-8-6-4-5-7-9-11-13-20)17(22)19(24-3)18(23-2)16(14)21;1-4-7(5-2)6-3/h20H,4-13H2,1-3H3;4-6H2,1-3H3. The molecular weight excluding hydrogens is 394 g/mol. The number of carbonyl (C=O) groups excluding carboxylic acids is 2. The van der Waals surface area contributed by atoms with Crippen molar-refractivity contribution < 1.29 is 24.2 Å². The molecule has 1 N–H and O–H groups in total. The zero-order valence-corrected chi connectivity index (χ0v) is 20.7. The highest BCUT2D eigenvalue weighted by Crippen LogP contribution is 2.28. The lowest BCUT2D eigenvalue weighted by Crippen LogP contribution is -2.25. The second-order valence-electron chi connectivity index (χ2n) is 7.75. The second kappa shape index (κ2) is 18.0. The molecule has 0 aliphatic heterocycles. The van der Waals surface area contributed by atoms with E-state index in [2.05, 4.69) is 25.7 Å². The van der Waals surface area contributed by atoms with Crippen molar-refractivity contribution in [1.82, 2.24) is 4.90 Å². The van der Waals surface area contributed by atoms with E-state index >= 15 is 0 Å². The van der Waals surface area contributed by atoms with E-state index in [-0.39, 0.29) is 29.7 Å². The van der Waals surface area contributed by atoms with Crippen molar-refractivity contribution in [2.45, 2.75) is 85.5 Å². The summed E-state index contributed by atoms with van der Waals surface area (Å²) >= 11 is 0. The topological polar surface area (TPSA) is 76.1 Å². The molecule has 0 saturated heterocycles. The summed E-state index contributed by atoms with van der Waals surface area (Å²) in [6, 6.07) is 0. The van der Waals surface area contributed by atoms with E-state index in [1.165, 1.54) is 53.1 Å². The van der Waals surface area contributed by atoms with Crippen LogP contribution in [0.4, 0.5) is 0 Å². The van der Waals surface area contributed by atoms with Gasteiger partial charge in [-0.05, 0) is 45.8 Å². The molecule has 1 aliphatic carbocycles. The molecule has 180 valence electrons. The van der Waals surface area contributed by atoms with Gasteiger partial charge in [0, 0.05) is 17.8 Å². The Kier molecular flexibility index (Phi) is 17.0. The third-order valence-electron chi connectivity index (χ3n) is 5.77. The van der Waals surface area contributed by atoms with Gasteiger partial charge in [-0.15, -0.1) is 0 Å². The van der Waals surface area contributed by atoms with Crippen molar-refractivity contribution in [1.29, 1.82) is 0 Å². The molecule has 0 unspecified atom stereocenters. The predicted molar refractivity (Wildman–Crippen MR) is 126 cm³/mol. The molecule has 0 saturated carbocycles. The van der Waals surface area contributed by atoms with Gasteiger partial charge in [0.25, 0.3) is 0 Å². The van der Waals surface area contributed by atoms with Crippen molar-refractivity contribution in [3.8, 4) is 0 Å². The monoisotopic (exact) mass is 439 g/mol. The van der Waals surface area contributed by atoms with Gasteiger partial charge in [-0.2, -0.15) is 0 Å². The number of aliphatic hydroxyl groups is 1. The van der Waals surface area contributed by atoms with E-state index in [0.29, 0.717) is 17.6 Å². The van der Waals surface area contributed by atoms with Crippen LogP contribution in [-0.2, 0) is 19.1 Å². The fourth-order valence-corrected chi connectivity index (χ4v) is 3.64. The fourth-order valence-electron chi connectivity index (χ4n) is 3.64. The van der Waals surface area contributed by atoms with Crippen LogP contribution >= 0.6 is 0 Å². The first-order chi connectivity index (χ1) is 14.9. The summed E-state index contributed by atoms with van der Waals surface area (Å²) in [6.45, 7) is 12.1. The highest BCUT2D eigenvalue weighted by molar-refractivity contribution is 6.23. The summed E-state index contributed by atoms with van der Waals surface area (Å²) in [5, 5.41) is 8.72. The third kappa shape index (κ3) is 10.5. The van der Waals surface area contributed by atoms with Crippen molar-refractivity contribution in [2.24, 2.45) is 0 Å². The maximum atomic E-state index is 12.5. The highest BCUT2D eigenvalue weighted by atomic mass is 16.5. The maximum Gasteiger partial charge on any atom is 0.228 e. The van der Waals surface area contributed by atoms with Crippen LogP contribution in [0.15, 0.2) is 22.7 Å². The van der Waals surface area contributed by atoms with Crippen LogP contribution in [-0.4, -0.2) is 62.0 Å². The van der Waals surface area contributed by atoms with Gasteiger partial charge in [0.2, 0.25) is 23.1 Å². The summed E-state index contributed by atoms with van der Waals surface area (Å²) in [5.41, 5.74) is 1.03. The number of hydrogen-bond acceptors (Lipinski definition) is 6. The average Bonchev–Trinajstić information content (AvgIpc) is 2.78. The molecule has 31 heavy (non-hydrogen) atoms. The first kappa shape index (κ1) is 29.3. The van der Waals surface area contributed by atoms with Gasteiger partial charge >= 0.3 is 0 Å². The summed E-state index contributed by atoms with van der Waals surface area (Å²) in [6.07, 6.45) is 9.17. The predicted octanol–water partition coefficient (Wildman–Crippen LogP) is 4.81. The first-order valence-corrected chi connectivity index (χ1v) is 11.9. The zero-order valence-electron chi connectivity index (χ0n) is 20.7. The second-order valence-corrected chi connectivity index (χ2v) is 7.75. The van der Waals surface area contributed by atoms with Gasteiger partial charge in [-0.25, -0.2) is 0 Å². The Morgan fingerprint density at radius 1 is 0.710 bits per heavy atom. The van der Waals surface area contributed by atoms with E-state index in [1.54, 1.807) is 6.92 Å². The fraction of sp³-hybridized carbons (Fsp3) is 0.760. The number of nitrogens with zero attached hydrogens (tertiary/aromatic N) is 1. The number of carbonyl (C=O) groups is 2. The Morgan fingerprint density at radius 2 is 1.13 bits per heavy atom. The van der Waals surface area contributed by atoms with Crippen LogP contribution < -0.4 is 0 Å². The van der Waals surface area contributed by atoms with Crippen LogP contribution in [0.1, 0.15) is 85.5 Å². The SMILES string of the molecule is CCN(CC)CC.COC1=C(OC)C(=O)C(CCCCCCCCCCO)=C(C)C1=O. The number of methoxy groups -OCH3 is 2. The molecule has 0 aromatic carbocycles. The number of unbranched alkanes of at least 4 members (excludes halogenated alkanes) is 7. The molecular formula is C25H45NO5. The molecule has 1 rings (SSSR count). The molecule has 0 radical (unpaired) electrons. The van der Waals surface area contributed by atoms with E-state index in [4.69, 9.17) is 14.6 Å². The Bertz CT molecular complexity index is 585. The lowest BCUT2D eigenvalue weighted by Gasteiger charge is -2.20. The van der Waals surface area contributed by atoms with E-state index < -0.39 is 0 Å². The Hall–Kier alpha value is -1.66. The van der Waals surface area contributed by atoms with Gasteiger partial charge in [0.1, 0.15) is 0 Å². The summed E-state index contributed by atoms with van der Waals surface area (Å²) < 4.78 is 10.1. The van der Waals surface area contributed by atoms with E-state index in [0.717, 1.165) is 32.1 Å². The quantitative estimate of drug-likeness (QED) is 0.291. The molecule has 0 atom stereocenters. The van der Waals surface area contributed by atoms with Crippen LogP contribution in [0, 0.1) is 0 Å². The molecule has 0 heterocycles. The lowest BCUT2D eigenvalue weighted by molar-refractivity contribution is -0.121. The Morgan fingerprint density at radius 3 is 1.52 bits per heavy atom. The van der Waals surface area contributed by atoms with Crippen LogP contribution in [0.3, 0.4) is 0 Å². The van der Waals surface area contributed by atoms with E-state index in [9.17, 15) is 9.59 Å². The van der Waals surface area contributed by atoms with Crippen molar-refractivity contribution in [3.63, 3.8) is 0 Å². The zero-order chi connectivity index (χ0) is 23.6. The van der Waals surface area contributed by atoms with Gasteiger partial charge in [0.15, 0.2) is 0 Å². The summed E-state index contributed by atoms with van der Waals surface area (Å²) in [4.78, 5) is 27.1. The average molecular weight is 440 g/mol. The first-order valence-electron chi connectivity index (χ1n) is 11.9. The number of allylic oxidation sites excluding steroid dienone is 2. The molecule has 0 aromatic heterocycles. The van der Waals surface area contributed by atoms with E-state index in [1.807, 2.05) is 0 Å². The molecule has 0 bridgehead atoms. The third-order valence-corrected chi connectivity index (χ3v) is 5.77. The van der Waals surface area contributed by atoms with Crippen LogP contribution in [0.25, 0.3) is 0 Å². The molecule has 0 amide bonds. The number of Topliss-reactive ketones (excluding diaryl/α,β-unsaturated/α-hetero) is 2. The van der Waals surface area contributed by atoms with Crippen molar-refractivity contribution >= 4 is 11.6 Å². The number of rotatable bonds is 15. The number of ether oxygens (including phenoxy) is 2. The Labute approximate surface area is 189 Å². The molecule has 6 nitrogen and oxygen atoms in total. The minimum atomic E-state index is -0.257. The highest BCUT2D eigenvalue weighted by Gasteiger charge is 2.34. The van der Waals surface area contributed by atoms with Gasteiger partial charge in [-0.1, -0.05) is 59.3 Å². The van der Waals surface area contributed by atoms with Gasteiger partial charge < -0.3 is 19.5 Å². The minimum Gasteiger partial charge on any atom is -0.489 e. The largest absolute Gasteiger partial charge is 0.489 e. The van der Waals surface area contributed by atoms with Gasteiger partial charge in [0.05, 0.1) is 14.2 Å². The molecule has 0 fully saturated rings. The summed E-state index contributed by atoms with van der Waals surface area (Å²) in [5.74, 6) is -0.457. The van der Waals surface area contributed by atoms with Gasteiger partial charge in [-0.3, -0.25) is 9.59 Å². The summed E-state index contributed by atoms with van der Waals surface area (Å²) in [7, 11) is 2.76. The molecule has 0 aromatic rings. The number of hydrogen-bond donors (Lipinski definition) is 1. The maximum absolute atomic E-state index is 12.5. The number of ketones is 2. The van der Waals surface area contributed by atoms with Crippen LogP contribution in [0.2, 0.25) is 0 Å². The normalized spacial score (nSPS) is 14.2. The van der Waals surface area contributed by atoms with Crippen LogP contribution in [0.5, 0.6) is 0 Å². The van der Waals surface area contributed by atoms with Crippen molar-refractivity contribution in [2.75, 3.05) is 40.5 Å². The molecule has 0 spiro atoms. The molecule has 6 heteroatoms.